The number of carboxylic acid groups (broad SMARTS) is 1. The predicted molar refractivity (Wildman–Crippen MR) is 52.2 cm³/mol. The van der Waals surface area contributed by atoms with Gasteiger partial charge in [-0.15, -0.1) is 5.72 Å². The van der Waals surface area contributed by atoms with E-state index in [2.05, 4.69) is 4.74 Å². The molecule has 0 bridgehead atoms. The van der Waals surface area contributed by atoms with Crippen LogP contribution in [0.3, 0.4) is 0 Å². The zero-order chi connectivity index (χ0) is 11.0. The maximum Gasteiger partial charge on any atom is 0.331 e. The number of hydrogen-bond donors (Lipinski definition) is 1. The summed E-state index contributed by atoms with van der Waals surface area (Å²) in [6, 6.07) is 0. The number of ether oxygens (including phenoxy) is 1. The molecule has 0 aliphatic heterocycles. The van der Waals surface area contributed by atoms with Gasteiger partial charge in [-0.2, -0.15) is 0 Å². The average molecular weight is 192 g/mol. The number of carbonyl (C=O) groups is 2. The first kappa shape index (κ1) is 12.8. The van der Waals surface area contributed by atoms with Gasteiger partial charge in [0, 0.05) is 12.2 Å². The number of esters is 1. The molecular weight excluding hydrogens is 182 g/mol. The van der Waals surface area contributed by atoms with Crippen LogP contribution in [0.15, 0.2) is 12.2 Å². The number of hydrogen-bond acceptors (Lipinski definition) is 3. The summed E-state index contributed by atoms with van der Waals surface area (Å²) in [5.41, 5.74) is -0.414. The van der Waals surface area contributed by atoms with E-state index in [1.807, 2.05) is 0 Å². The molecule has 6 heteroatoms. The topological polar surface area (TPSA) is 63.6 Å². The molecule has 0 fully saturated rings. The Kier molecular flexibility index (Phi) is 6.62. The van der Waals surface area contributed by atoms with E-state index < -0.39 is 17.7 Å². The molecule has 1 N–H and O–H groups in total. The highest BCUT2D eigenvalue weighted by Gasteiger charge is 1.99. The second kappa shape index (κ2) is 7.24. The molecule has 0 saturated carbocycles. The van der Waals surface area contributed by atoms with Gasteiger partial charge in [0.05, 0.1) is 22.3 Å². The summed E-state index contributed by atoms with van der Waals surface area (Å²) in [5.74, 6) is -1.87. The van der Waals surface area contributed by atoms with Crippen molar-refractivity contribution >= 4 is 27.6 Å². The average Bonchev–Trinajstić information content (AvgIpc) is 2.08. The SMILES string of the molecule is [B]C([B])CCCOC(=O)/C=C/C(=O)O. The van der Waals surface area contributed by atoms with Crippen LogP contribution in [0.25, 0.3) is 0 Å². The quantitative estimate of drug-likeness (QED) is 0.279. The monoisotopic (exact) mass is 192 g/mol. The van der Waals surface area contributed by atoms with Crippen molar-refractivity contribution in [3.8, 4) is 0 Å². The first-order valence-corrected chi connectivity index (χ1v) is 4.11. The van der Waals surface area contributed by atoms with E-state index in [-0.39, 0.29) is 6.61 Å². The van der Waals surface area contributed by atoms with Crippen molar-refractivity contribution in [1.29, 1.82) is 0 Å². The van der Waals surface area contributed by atoms with E-state index in [1.165, 1.54) is 0 Å². The molecule has 0 unspecified atom stereocenters. The zero-order valence-corrected chi connectivity index (χ0v) is 7.68. The molecule has 0 saturated heterocycles. The molecule has 0 aliphatic rings. The van der Waals surface area contributed by atoms with Crippen LogP contribution in [0.1, 0.15) is 12.8 Å². The zero-order valence-electron chi connectivity index (χ0n) is 7.68. The van der Waals surface area contributed by atoms with Gasteiger partial charge in [0.2, 0.25) is 0 Å². The van der Waals surface area contributed by atoms with E-state index in [1.54, 1.807) is 0 Å². The van der Waals surface area contributed by atoms with Crippen molar-refractivity contribution in [2.45, 2.75) is 18.6 Å². The Hall–Kier alpha value is -1.19. The summed E-state index contributed by atoms with van der Waals surface area (Å²) in [6.45, 7) is 0.188. The van der Waals surface area contributed by atoms with Crippen molar-refractivity contribution < 1.29 is 19.4 Å². The van der Waals surface area contributed by atoms with Gasteiger partial charge in [-0.05, 0) is 6.42 Å². The van der Waals surface area contributed by atoms with E-state index in [0.717, 1.165) is 12.2 Å². The molecule has 0 aliphatic carbocycles. The molecule has 4 nitrogen and oxygen atoms in total. The number of carbonyl (C=O) groups excluding carboxylic acids is 1. The van der Waals surface area contributed by atoms with Gasteiger partial charge < -0.3 is 9.84 Å². The molecule has 0 spiro atoms. The summed E-state index contributed by atoms with van der Waals surface area (Å²) in [7, 11) is 10.5. The normalized spacial score (nSPS) is 10.6. The fourth-order valence-corrected chi connectivity index (χ4v) is 0.679. The lowest BCUT2D eigenvalue weighted by atomic mass is 9.68. The van der Waals surface area contributed by atoms with Crippen LogP contribution in [-0.2, 0) is 14.3 Å². The predicted octanol–water partition coefficient (Wildman–Crippen LogP) is 0.0336. The molecule has 0 aromatic carbocycles. The highest BCUT2D eigenvalue weighted by molar-refractivity contribution is 6.35. The minimum absolute atomic E-state index is 0.188. The lowest BCUT2D eigenvalue weighted by Gasteiger charge is -2.04. The van der Waals surface area contributed by atoms with Crippen LogP contribution < -0.4 is 0 Å². The lowest BCUT2D eigenvalue weighted by molar-refractivity contribution is -0.138. The Labute approximate surface area is 85.1 Å². The standard InChI is InChI=1S/C8H10B2O4/c9-6(10)2-1-5-14-8(13)4-3-7(11)12/h3-4,6H,1-2,5H2,(H,11,12)/b4-3+. The fraction of sp³-hybridized carbons (Fsp3) is 0.500. The highest BCUT2D eigenvalue weighted by atomic mass is 16.5. The van der Waals surface area contributed by atoms with Crippen LogP contribution in [0.5, 0.6) is 0 Å². The molecule has 0 rings (SSSR count). The van der Waals surface area contributed by atoms with Crippen LogP contribution in [0, 0.1) is 0 Å². The summed E-state index contributed by atoms with van der Waals surface area (Å²) in [6.07, 6.45) is 2.68. The van der Waals surface area contributed by atoms with Gasteiger partial charge in [-0.25, -0.2) is 9.59 Å². The Morgan fingerprint density at radius 2 is 2.00 bits per heavy atom. The third-order valence-electron chi connectivity index (χ3n) is 1.29. The Bertz CT molecular complexity index is 225. The largest absolute Gasteiger partial charge is 0.478 e. The number of rotatable bonds is 6. The molecule has 72 valence electrons. The third-order valence-corrected chi connectivity index (χ3v) is 1.29. The third kappa shape index (κ3) is 8.90. The van der Waals surface area contributed by atoms with Crippen molar-refractivity contribution in [2.24, 2.45) is 0 Å². The second-order valence-electron chi connectivity index (χ2n) is 2.65. The summed E-state index contributed by atoms with van der Waals surface area (Å²) < 4.78 is 4.64. The Balaban J connectivity index is 3.50. The van der Waals surface area contributed by atoms with E-state index in [9.17, 15) is 9.59 Å². The smallest absolute Gasteiger partial charge is 0.331 e. The molecule has 0 atom stereocenters. The van der Waals surface area contributed by atoms with Crippen LogP contribution in [0.4, 0.5) is 0 Å². The van der Waals surface area contributed by atoms with Crippen LogP contribution in [0.2, 0.25) is 5.72 Å². The lowest BCUT2D eigenvalue weighted by Crippen LogP contribution is -2.04. The molecule has 4 radical (unpaired) electrons. The van der Waals surface area contributed by atoms with Gasteiger partial charge >= 0.3 is 11.9 Å². The Morgan fingerprint density at radius 3 is 2.50 bits per heavy atom. The van der Waals surface area contributed by atoms with Crippen molar-refractivity contribution in [2.75, 3.05) is 6.61 Å². The Morgan fingerprint density at radius 1 is 1.36 bits per heavy atom. The fourth-order valence-electron chi connectivity index (χ4n) is 0.679. The van der Waals surface area contributed by atoms with Gasteiger partial charge in [-0.3, -0.25) is 0 Å². The molecule has 0 aromatic rings. The van der Waals surface area contributed by atoms with Crippen LogP contribution >= 0.6 is 0 Å². The minimum atomic E-state index is -1.19. The van der Waals surface area contributed by atoms with Crippen molar-refractivity contribution in [3.05, 3.63) is 12.2 Å². The molecule has 0 amide bonds. The molecule has 14 heavy (non-hydrogen) atoms. The number of carboxylic acids is 1. The second-order valence-corrected chi connectivity index (χ2v) is 2.65. The van der Waals surface area contributed by atoms with E-state index in [0.29, 0.717) is 12.8 Å². The molecule has 0 heterocycles. The van der Waals surface area contributed by atoms with Gasteiger partial charge in [0.1, 0.15) is 0 Å². The first-order chi connectivity index (χ1) is 6.52. The summed E-state index contributed by atoms with van der Waals surface area (Å²) in [5, 5.41) is 8.18. The number of aliphatic carboxylic acids is 1. The van der Waals surface area contributed by atoms with Crippen molar-refractivity contribution in [1.82, 2.24) is 0 Å². The van der Waals surface area contributed by atoms with Gasteiger partial charge in [0.15, 0.2) is 0 Å². The molecule has 0 aromatic heterocycles. The summed E-state index contributed by atoms with van der Waals surface area (Å²) in [4.78, 5) is 20.8. The minimum Gasteiger partial charge on any atom is -0.478 e. The van der Waals surface area contributed by atoms with Crippen LogP contribution in [-0.4, -0.2) is 39.3 Å². The highest BCUT2D eigenvalue weighted by Crippen LogP contribution is 2.02. The maximum atomic E-state index is 10.8. The van der Waals surface area contributed by atoms with Gasteiger partial charge in [0.25, 0.3) is 0 Å². The molecular formula is C8H10B2O4. The summed E-state index contributed by atoms with van der Waals surface area (Å²) >= 11 is 0. The van der Waals surface area contributed by atoms with E-state index >= 15 is 0 Å². The van der Waals surface area contributed by atoms with E-state index in [4.69, 9.17) is 20.8 Å². The maximum absolute atomic E-state index is 10.8. The van der Waals surface area contributed by atoms with Gasteiger partial charge in [-0.1, -0.05) is 6.42 Å². The van der Waals surface area contributed by atoms with Crippen molar-refractivity contribution in [3.63, 3.8) is 0 Å². The first-order valence-electron chi connectivity index (χ1n) is 4.11.